The summed E-state index contributed by atoms with van der Waals surface area (Å²) < 4.78 is 5.36. The number of carbonyl (C=O) groups is 1. The molecule has 0 saturated carbocycles. The Balaban J connectivity index is 2.16. The average Bonchev–Trinajstić information content (AvgIpc) is 2.50. The first kappa shape index (κ1) is 16.5. The molecule has 22 heavy (non-hydrogen) atoms. The number of ether oxygens (including phenoxy) is 1. The van der Waals surface area contributed by atoms with E-state index in [1.54, 1.807) is 43.3 Å². The zero-order valence-corrected chi connectivity index (χ0v) is 14.0. The van der Waals surface area contributed by atoms with Gasteiger partial charge >= 0.3 is 5.97 Å². The second-order valence-corrected chi connectivity index (χ2v) is 6.22. The Labute approximate surface area is 140 Å². The maximum Gasteiger partial charge on any atom is 0.338 e. The van der Waals surface area contributed by atoms with E-state index in [1.165, 1.54) is 17.8 Å². The number of carbonyl (C=O) groups excluding carboxylic acids is 1. The van der Waals surface area contributed by atoms with Crippen LogP contribution in [-0.2, 0) is 4.74 Å². The first-order valence-corrected chi connectivity index (χ1v) is 8.01. The Kier molecular flexibility index (Phi) is 5.57. The summed E-state index contributed by atoms with van der Waals surface area (Å²) >= 11 is 4.54. The molecular formula is C15H12BrNO4S. The minimum Gasteiger partial charge on any atom is -0.462 e. The summed E-state index contributed by atoms with van der Waals surface area (Å²) in [5.74, 6) is -0.363. The molecule has 0 fully saturated rings. The number of hydrogen-bond donors (Lipinski definition) is 0. The Morgan fingerprint density at radius 3 is 2.45 bits per heavy atom. The first-order chi connectivity index (χ1) is 10.5. The Bertz CT molecular complexity index is 703. The van der Waals surface area contributed by atoms with Crippen molar-refractivity contribution in [3.63, 3.8) is 0 Å². The normalized spacial score (nSPS) is 10.3. The number of esters is 1. The molecule has 0 radical (unpaired) electrons. The van der Waals surface area contributed by atoms with Crippen molar-refractivity contribution in [2.75, 3.05) is 6.61 Å². The lowest BCUT2D eigenvalue weighted by Crippen LogP contribution is -2.03. The van der Waals surface area contributed by atoms with E-state index in [0.29, 0.717) is 16.6 Å². The maximum absolute atomic E-state index is 11.6. The van der Waals surface area contributed by atoms with Crippen LogP contribution < -0.4 is 0 Å². The molecular weight excluding hydrogens is 370 g/mol. The molecule has 7 heteroatoms. The van der Waals surface area contributed by atoms with Gasteiger partial charge in [-0.1, -0.05) is 11.8 Å². The van der Waals surface area contributed by atoms with Crippen LogP contribution in [0, 0.1) is 10.1 Å². The van der Waals surface area contributed by atoms with E-state index in [4.69, 9.17) is 4.74 Å². The van der Waals surface area contributed by atoms with Gasteiger partial charge in [-0.25, -0.2) is 4.79 Å². The monoisotopic (exact) mass is 381 g/mol. The van der Waals surface area contributed by atoms with Crippen LogP contribution in [0.3, 0.4) is 0 Å². The highest BCUT2D eigenvalue weighted by atomic mass is 79.9. The molecule has 0 aliphatic carbocycles. The van der Waals surface area contributed by atoms with Gasteiger partial charge in [0.05, 0.1) is 21.6 Å². The van der Waals surface area contributed by atoms with Gasteiger partial charge in [0.25, 0.3) is 5.69 Å². The summed E-state index contributed by atoms with van der Waals surface area (Å²) in [7, 11) is 0. The fourth-order valence-electron chi connectivity index (χ4n) is 1.71. The third-order valence-corrected chi connectivity index (χ3v) is 4.38. The van der Waals surface area contributed by atoms with E-state index >= 15 is 0 Å². The third kappa shape index (κ3) is 4.08. The van der Waals surface area contributed by atoms with Crippen molar-refractivity contribution >= 4 is 39.3 Å². The maximum atomic E-state index is 11.6. The summed E-state index contributed by atoms with van der Waals surface area (Å²) in [4.78, 5) is 23.7. The molecule has 0 saturated heterocycles. The Morgan fingerprint density at radius 2 is 1.86 bits per heavy atom. The lowest BCUT2D eigenvalue weighted by atomic mass is 10.2. The number of nitro benzene ring substituents is 1. The van der Waals surface area contributed by atoms with Gasteiger partial charge in [0, 0.05) is 15.9 Å². The predicted molar refractivity (Wildman–Crippen MR) is 87.3 cm³/mol. The lowest BCUT2D eigenvalue weighted by molar-refractivity contribution is -0.385. The molecule has 5 nitrogen and oxygen atoms in total. The van der Waals surface area contributed by atoms with Crippen molar-refractivity contribution in [2.45, 2.75) is 16.7 Å². The van der Waals surface area contributed by atoms with Gasteiger partial charge in [-0.2, -0.15) is 0 Å². The minimum absolute atomic E-state index is 0.0214. The molecule has 0 aromatic heterocycles. The zero-order valence-electron chi connectivity index (χ0n) is 11.6. The van der Waals surface area contributed by atoms with Crippen LogP contribution in [0.1, 0.15) is 17.3 Å². The Morgan fingerprint density at radius 1 is 1.23 bits per heavy atom. The van der Waals surface area contributed by atoms with Crippen LogP contribution in [-0.4, -0.2) is 17.5 Å². The molecule has 0 atom stereocenters. The van der Waals surface area contributed by atoms with E-state index in [2.05, 4.69) is 15.9 Å². The van der Waals surface area contributed by atoms with Gasteiger partial charge in [-0.15, -0.1) is 0 Å². The molecule has 0 bridgehead atoms. The van der Waals surface area contributed by atoms with Crippen LogP contribution in [0.25, 0.3) is 0 Å². The van der Waals surface area contributed by atoms with E-state index in [1.807, 2.05) is 0 Å². The smallest absolute Gasteiger partial charge is 0.338 e. The molecule has 114 valence electrons. The summed E-state index contributed by atoms with van der Waals surface area (Å²) in [5.41, 5.74) is 0.501. The molecule has 0 heterocycles. The molecule has 0 amide bonds. The van der Waals surface area contributed by atoms with Crippen molar-refractivity contribution in [3.05, 3.63) is 62.6 Å². The van der Waals surface area contributed by atoms with Gasteiger partial charge < -0.3 is 4.74 Å². The first-order valence-electron chi connectivity index (χ1n) is 6.40. The summed E-state index contributed by atoms with van der Waals surface area (Å²) in [5, 5.41) is 10.9. The predicted octanol–water partition coefficient (Wildman–Crippen LogP) is 4.69. The fraction of sp³-hybridized carbons (Fsp3) is 0.133. The largest absolute Gasteiger partial charge is 0.462 e. The van der Waals surface area contributed by atoms with Gasteiger partial charge in [0.2, 0.25) is 0 Å². The van der Waals surface area contributed by atoms with Gasteiger partial charge in [-0.05, 0) is 59.3 Å². The third-order valence-electron chi connectivity index (χ3n) is 2.72. The molecule has 0 spiro atoms. The molecule has 2 aromatic carbocycles. The van der Waals surface area contributed by atoms with Crippen LogP contribution in [0.5, 0.6) is 0 Å². The van der Waals surface area contributed by atoms with Gasteiger partial charge in [-0.3, -0.25) is 10.1 Å². The quantitative estimate of drug-likeness (QED) is 0.427. The highest BCUT2D eigenvalue weighted by Crippen LogP contribution is 2.34. The number of rotatable bonds is 5. The van der Waals surface area contributed by atoms with Gasteiger partial charge in [0.15, 0.2) is 0 Å². The van der Waals surface area contributed by atoms with Crippen LogP contribution >= 0.6 is 27.7 Å². The number of benzene rings is 2. The second kappa shape index (κ2) is 7.42. The van der Waals surface area contributed by atoms with Crippen molar-refractivity contribution in [3.8, 4) is 0 Å². The highest BCUT2D eigenvalue weighted by molar-refractivity contribution is 9.10. The van der Waals surface area contributed by atoms with Crippen molar-refractivity contribution < 1.29 is 14.5 Å². The van der Waals surface area contributed by atoms with Gasteiger partial charge in [0.1, 0.15) is 0 Å². The lowest BCUT2D eigenvalue weighted by Gasteiger charge is -2.05. The molecule has 0 unspecified atom stereocenters. The fourth-order valence-corrected chi connectivity index (χ4v) is 2.95. The second-order valence-electron chi connectivity index (χ2n) is 4.22. The average molecular weight is 382 g/mol. The van der Waals surface area contributed by atoms with E-state index in [-0.39, 0.29) is 11.7 Å². The summed E-state index contributed by atoms with van der Waals surface area (Å²) in [6, 6.07) is 11.9. The van der Waals surface area contributed by atoms with Crippen molar-refractivity contribution in [2.24, 2.45) is 0 Å². The Hall–Kier alpha value is -1.86. The van der Waals surface area contributed by atoms with Crippen molar-refractivity contribution in [1.82, 2.24) is 0 Å². The number of halogens is 1. The molecule has 0 aliphatic rings. The minimum atomic E-state index is -0.433. The summed E-state index contributed by atoms with van der Waals surface area (Å²) in [6.45, 7) is 2.08. The molecule has 0 aliphatic heterocycles. The van der Waals surface area contributed by atoms with E-state index in [9.17, 15) is 14.9 Å². The zero-order chi connectivity index (χ0) is 16.1. The van der Waals surface area contributed by atoms with E-state index in [0.717, 1.165) is 9.79 Å². The van der Waals surface area contributed by atoms with Crippen LogP contribution in [0.2, 0.25) is 0 Å². The van der Waals surface area contributed by atoms with E-state index < -0.39 is 4.92 Å². The summed E-state index contributed by atoms with van der Waals surface area (Å²) in [6.07, 6.45) is 0. The standard InChI is InChI=1S/C15H12BrNO4S/c1-2-21-15(18)10-3-5-11(6-4-10)22-12-7-8-13(16)14(9-12)17(19)20/h3-9H,2H2,1H3. The molecule has 0 N–H and O–H groups in total. The highest BCUT2D eigenvalue weighted by Gasteiger charge is 2.13. The number of hydrogen-bond acceptors (Lipinski definition) is 5. The molecule has 2 aromatic rings. The van der Waals surface area contributed by atoms with Crippen molar-refractivity contribution in [1.29, 1.82) is 0 Å². The number of nitrogens with zero attached hydrogens (tertiary/aromatic N) is 1. The van der Waals surface area contributed by atoms with Crippen LogP contribution in [0.4, 0.5) is 5.69 Å². The molecule has 2 rings (SSSR count). The topological polar surface area (TPSA) is 69.4 Å². The SMILES string of the molecule is CCOC(=O)c1ccc(Sc2ccc(Br)c([N+](=O)[O-])c2)cc1. The van der Waals surface area contributed by atoms with Crippen LogP contribution in [0.15, 0.2) is 56.7 Å². The number of nitro groups is 1.